The number of rotatable bonds is 3. The minimum atomic E-state index is -0.261. The van der Waals surface area contributed by atoms with Crippen LogP contribution in [0.25, 0.3) is 0 Å². The van der Waals surface area contributed by atoms with Gasteiger partial charge in [0, 0.05) is 16.6 Å². The summed E-state index contributed by atoms with van der Waals surface area (Å²) < 4.78 is 0.973. The number of benzene rings is 1. The smallest absolute Gasteiger partial charge is 0.265 e. The van der Waals surface area contributed by atoms with Gasteiger partial charge in [0.25, 0.3) is 5.91 Å². The van der Waals surface area contributed by atoms with Gasteiger partial charge in [0.15, 0.2) is 0 Å². The molecule has 1 amide bonds. The fraction of sp³-hybridized carbons (Fsp3) is 0.533. The van der Waals surface area contributed by atoms with E-state index in [1.807, 2.05) is 18.2 Å². The average molecular weight is 340 g/mol. The van der Waals surface area contributed by atoms with Gasteiger partial charge >= 0.3 is 0 Å². The molecule has 20 heavy (non-hydrogen) atoms. The standard InChI is InChI=1S/C15H22BrN3O/c16-14-10-12(15(20)18-17)6-7-13(14)11-19-8-4-2-1-3-5-9-19/h6-7,10H,1-5,8-9,11,17H2,(H,18,20). The van der Waals surface area contributed by atoms with Gasteiger partial charge in [-0.3, -0.25) is 15.1 Å². The van der Waals surface area contributed by atoms with E-state index < -0.39 is 0 Å². The Morgan fingerprint density at radius 3 is 2.45 bits per heavy atom. The van der Waals surface area contributed by atoms with Gasteiger partial charge < -0.3 is 0 Å². The van der Waals surface area contributed by atoms with Crippen molar-refractivity contribution in [3.05, 3.63) is 33.8 Å². The van der Waals surface area contributed by atoms with Crippen molar-refractivity contribution in [2.24, 2.45) is 5.84 Å². The molecule has 0 bridgehead atoms. The SMILES string of the molecule is NNC(=O)c1ccc(CN2CCCCCCC2)c(Br)c1. The maximum absolute atomic E-state index is 11.5. The molecule has 1 aliphatic rings. The normalized spacial score (nSPS) is 17.3. The second-order valence-corrected chi connectivity index (χ2v) is 6.18. The molecule has 0 aliphatic carbocycles. The van der Waals surface area contributed by atoms with Crippen molar-refractivity contribution < 1.29 is 4.79 Å². The molecule has 4 nitrogen and oxygen atoms in total. The lowest BCUT2D eigenvalue weighted by Crippen LogP contribution is -2.30. The number of carbonyl (C=O) groups is 1. The molecule has 0 aromatic heterocycles. The van der Waals surface area contributed by atoms with E-state index in [2.05, 4.69) is 26.3 Å². The molecule has 1 heterocycles. The Morgan fingerprint density at radius 1 is 1.20 bits per heavy atom. The lowest BCUT2D eigenvalue weighted by Gasteiger charge is -2.25. The van der Waals surface area contributed by atoms with E-state index in [4.69, 9.17) is 5.84 Å². The number of nitrogens with two attached hydrogens (primary N) is 1. The van der Waals surface area contributed by atoms with Crippen LogP contribution >= 0.6 is 15.9 Å². The number of halogens is 1. The number of nitrogens with one attached hydrogen (secondary N) is 1. The Kier molecular flexibility index (Phi) is 6.01. The van der Waals surface area contributed by atoms with Crippen molar-refractivity contribution in [1.29, 1.82) is 0 Å². The lowest BCUT2D eigenvalue weighted by molar-refractivity contribution is 0.0953. The van der Waals surface area contributed by atoms with Gasteiger partial charge in [-0.1, -0.05) is 41.3 Å². The Bertz CT molecular complexity index is 456. The molecule has 110 valence electrons. The predicted octanol–water partition coefficient (Wildman–Crippen LogP) is 2.82. The fourth-order valence-electron chi connectivity index (χ4n) is 2.61. The quantitative estimate of drug-likeness (QED) is 0.505. The van der Waals surface area contributed by atoms with E-state index in [0.717, 1.165) is 24.1 Å². The first-order valence-corrected chi connectivity index (χ1v) is 8.02. The van der Waals surface area contributed by atoms with E-state index in [9.17, 15) is 4.79 Å². The van der Waals surface area contributed by atoms with E-state index >= 15 is 0 Å². The second-order valence-electron chi connectivity index (χ2n) is 5.32. The largest absolute Gasteiger partial charge is 0.299 e. The molecule has 0 unspecified atom stereocenters. The van der Waals surface area contributed by atoms with Crippen LogP contribution in [0.4, 0.5) is 0 Å². The zero-order chi connectivity index (χ0) is 14.4. The molecular formula is C15H22BrN3O. The summed E-state index contributed by atoms with van der Waals surface area (Å²) in [5, 5.41) is 0. The molecular weight excluding hydrogens is 318 g/mol. The number of amides is 1. The minimum Gasteiger partial charge on any atom is -0.299 e. The monoisotopic (exact) mass is 339 g/mol. The van der Waals surface area contributed by atoms with Gasteiger partial charge in [0.05, 0.1) is 0 Å². The van der Waals surface area contributed by atoms with Crippen LogP contribution < -0.4 is 11.3 Å². The summed E-state index contributed by atoms with van der Waals surface area (Å²) in [5.41, 5.74) is 3.96. The Hall–Kier alpha value is -0.910. The van der Waals surface area contributed by atoms with E-state index in [1.165, 1.54) is 37.7 Å². The van der Waals surface area contributed by atoms with Crippen molar-refractivity contribution in [3.8, 4) is 0 Å². The Balaban J connectivity index is 2.03. The number of hydrogen-bond donors (Lipinski definition) is 2. The van der Waals surface area contributed by atoms with Gasteiger partial charge in [-0.2, -0.15) is 0 Å². The third-order valence-electron chi connectivity index (χ3n) is 3.79. The zero-order valence-corrected chi connectivity index (χ0v) is 13.3. The highest BCUT2D eigenvalue weighted by molar-refractivity contribution is 9.10. The van der Waals surface area contributed by atoms with Gasteiger partial charge in [-0.05, 0) is 43.6 Å². The van der Waals surface area contributed by atoms with Crippen LogP contribution in [0.2, 0.25) is 0 Å². The van der Waals surface area contributed by atoms with Crippen LogP contribution in [0.3, 0.4) is 0 Å². The average Bonchev–Trinajstić information content (AvgIpc) is 2.42. The van der Waals surface area contributed by atoms with Crippen LogP contribution in [0.5, 0.6) is 0 Å². The molecule has 2 rings (SSSR count). The number of likely N-dealkylation sites (tertiary alicyclic amines) is 1. The van der Waals surface area contributed by atoms with Gasteiger partial charge in [0.1, 0.15) is 0 Å². The van der Waals surface area contributed by atoms with E-state index in [-0.39, 0.29) is 5.91 Å². The van der Waals surface area contributed by atoms with Crippen LogP contribution in [-0.2, 0) is 6.54 Å². The first-order chi connectivity index (χ1) is 9.70. The van der Waals surface area contributed by atoms with Crippen molar-refractivity contribution in [2.75, 3.05) is 13.1 Å². The van der Waals surface area contributed by atoms with Crippen LogP contribution in [0.15, 0.2) is 22.7 Å². The van der Waals surface area contributed by atoms with Crippen LogP contribution in [-0.4, -0.2) is 23.9 Å². The second kappa shape index (κ2) is 7.76. The topological polar surface area (TPSA) is 58.4 Å². The van der Waals surface area contributed by atoms with Crippen LogP contribution in [0.1, 0.15) is 48.0 Å². The number of hydrazine groups is 1. The summed E-state index contributed by atoms with van der Waals surface area (Å²) >= 11 is 3.56. The highest BCUT2D eigenvalue weighted by Crippen LogP contribution is 2.21. The van der Waals surface area contributed by atoms with Crippen molar-refractivity contribution in [1.82, 2.24) is 10.3 Å². The summed E-state index contributed by atoms with van der Waals surface area (Å²) in [5.74, 6) is 4.89. The summed E-state index contributed by atoms with van der Waals surface area (Å²) in [6.07, 6.45) is 6.62. The molecule has 0 spiro atoms. The van der Waals surface area contributed by atoms with E-state index in [1.54, 1.807) is 0 Å². The summed E-state index contributed by atoms with van der Waals surface area (Å²) in [4.78, 5) is 14.0. The number of carbonyl (C=O) groups excluding carboxylic acids is 1. The van der Waals surface area contributed by atoms with Crippen molar-refractivity contribution in [2.45, 2.75) is 38.6 Å². The molecule has 0 saturated carbocycles. The molecule has 0 atom stereocenters. The van der Waals surface area contributed by atoms with E-state index in [0.29, 0.717) is 5.56 Å². The molecule has 1 fully saturated rings. The fourth-order valence-corrected chi connectivity index (χ4v) is 3.12. The number of hydrogen-bond acceptors (Lipinski definition) is 3. The molecule has 1 saturated heterocycles. The maximum Gasteiger partial charge on any atom is 0.265 e. The predicted molar refractivity (Wildman–Crippen MR) is 84.2 cm³/mol. The number of nitrogen functional groups attached to an aromatic ring is 1. The molecule has 1 aromatic rings. The molecule has 1 aromatic carbocycles. The molecule has 1 aliphatic heterocycles. The molecule has 0 radical (unpaired) electrons. The number of nitrogens with zero attached hydrogens (tertiary/aromatic N) is 1. The summed E-state index contributed by atoms with van der Waals surface area (Å²) in [6, 6.07) is 5.67. The lowest BCUT2D eigenvalue weighted by atomic mass is 10.1. The third-order valence-corrected chi connectivity index (χ3v) is 4.53. The first-order valence-electron chi connectivity index (χ1n) is 7.22. The minimum absolute atomic E-state index is 0.261. The third kappa shape index (κ3) is 4.30. The highest BCUT2D eigenvalue weighted by Gasteiger charge is 2.12. The molecule has 5 heteroatoms. The summed E-state index contributed by atoms with van der Waals surface area (Å²) in [7, 11) is 0. The van der Waals surface area contributed by atoms with Gasteiger partial charge in [-0.15, -0.1) is 0 Å². The van der Waals surface area contributed by atoms with Crippen molar-refractivity contribution >= 4 is 21.8 Å². The van der Waals surface area contributed by atoms with Crippen LogP contribution in [0, 0.1) is 0 Å². The van der Waals surface area contributed by atoms with Crippen molar-refractivity contribution in [3.63, 3.8) is 0 Å². The Morgan fingerprint density at radius 2 is 1.85 bits per heavy atom. The Labute approximate surface area is 128 Å². The highest BCUT2D eigenvalue weighted by atomic mass is 79.9. The van der Waals surface area contributed by atoms with Gasteiger partial charge in [0.2, 0.25) is 0 Å². The molecule has 3 N–H and O–H groups in total. The first kappa shape index (κ1) is 15.5. The summed E-state index contributed by atoms with van der Waals surface area (Å²) in [6.45, 7) is 3.26. The van der Waals surface area contributed by atoms with Gasteiger partial charge in [-0.25, -0.2) is 5.84 Å². The maximum atomic E-state index is 11.5. The zero-order valence-electron chi connectivity index (χ0n) is 11.7.